The number of primary sulfonamides is 1. The molecule has 0 aliphatic carbocycles. The minimum Gasteiger partial charge on any atom is -0.323 e. The molecule has 0 saturated carbocycles. The number of thiazole rings is 1. The normalized spacial score (nSPS) is 11.6. The van der Waals surface area contributed by atoms with Gasteiger partial charge in [0.2, 0.25) is 15.9 Å². The maximum Gasteiger partial charge on any atom is 0.248 e. The Labute approximate surface area is 165 Å². The van der Waals surface area contributed by atoms with Gasteiger partial charge in [-0.05, 0) is 48.0 Å². The molecule has 0 radical (unpaired) electrons. The first-order chi connectivity index (χ1) is 13.3. The van der Waals surface area contributed by atoms with Crippen molar-refractivity contribution < 1.29 is 17.6 Å². The number of carbonyl (C=O) groups excluding carboxylic acids is 1. The van der Waals surface area contributed by atoms with Crippen molar-refractivity contribution in [1.29, 1.82) is 0 Å². The Hall–Kier alpha value is -2.88. The van der Waals surface area contributed by atoms with Crippen molar-refractivity contribution in [2.24, 2.45) is 5.14 Å². The molecule has 0 aliphatic heterocycles. The highest BCUT2D eigenvalue weighted by Crippen LogP contribution is 2.24. The van der Waals surface area contributed by atoms with Gasteiger partial charge in [-0.1, -0.05) is 12.1 Å². The molecular formula is C19H16FN3O3S2. The highest BCUT2D eigenvalue weighted by atomic mass is 32.2. The van der Waals surface area contributed by atoms with E-state index in [2.05, 4.69) is 10.3 Å². The molecule has 6 nitrogen and oxygen atoms in total. The van der Waals surface area contributed by atoms with Crippen LogP contribution in [0.2, 0.25) is 0 Å². The smallest absolute Gasteiger partial charge is 0.248 e. The van der Waals surface area contributed by atoms with Crippen LogP contribution in [-0.4, -0.2) is 19.3 Å². The number of hydrogen-bond donors (Lipinski definition) is 2. The molecular weight excluding hydrogens is 401 g/mol. The molecule has 0 atom stereocenters. The van der Waals surface area contributed by atoms with Crippen molar-refractivity contribution in [1.82, 2.24) is 4.98 Å². The van der Waals surface area contributed by atoms with Crippen LogP contribution in [0.15, 0.2) is 60.0 Å². The van der Waals surface area contributed by atoms with E-state index in [0.29, 0.717) is 16.9 Å². The second-order valence-corrected chi connectivity index (χ2v) is 8.38. The Morgan fingerprint density at radius 3 is 2.46 bits per heavy atom. The van der Waals surface area contributed by atoms with Crippen LogP contribution >= 0.6 is 11.3 Å². The number of amides is 1. The summed E-state index contributed by atoms with van der Waals surface area (Å²) in [7, 11) is -3.60. The standard InChI is InChI=1S/C19H16FN3O3S2/c20-15-5-3-14(4-6-15)19-23-17(11-27-19)9-10-18(24)22-16-7-1-13(2-8-16)12-28(21,25)26/h1-11H,12H2,(H,22,24)(H2,21,25,26)/b10-9+. The van der Waals surface area contributed by atoms with Crippen LogP contribution in [-0.2, 0) is 20.6 Å². The van der Waals surface area contributed by atoms with Gasteiger partial charge in [-0.25, -0.2) is 22.9 Å². The van der Waals surface area contributed by atoms with Crippen LogP contribution < -0.4 is 10.5 Å². The number of nitrogens with zero attached hydrogens (tertiary/aromatic N) is 1. The van der Waals surface area contributed by atoms with Crippen molar-refractivity contribution in [2.45, 2.75) is 5.75 Å². The average molecular weight is 417 g/mol. The summed E-state index contributed by atoms with van der Waals surface area (Å²) in [5.74, 6) is -0.924. The summed E-state index contributed by atoms with van der Waals surface area (Å²) in [6, 6.07) is 12.4. The van der Waals surface area contributed by atoms with Crippen LogP contribution in [0, 0.1) is 5.82 Å². The first-order valence-corrected chi connectivity index (χ1v) is 10.7. The Morgan fingerprint density at radius 2 is 1.82 bits per heavy atom. The van der Waals surface area contributed by atoms with E-state index in [4.69, 9.17) is 5.14 Å². The zero-order valence-corrected chi connectivity index (χ0v) is 16.1. The van der Waals surface area contributed by atoms with Crippen LogP contribution in [0.3, 0.4) is 0 Å². The number of anilines is 1. The Morgan fingerprint density at radius 1 is 1.14 bits per heavy atom. The van der Waals surface area contributed by atoms with E-state index in [1.807, 2.05) is 0 Å². The van der Waals surface area contributed by atoms with Crippen LogP contribution in [0.5, 0.6) is 0 Å². The number of carbonyl (C=O) groups is 1. The third-order valence-electron chi connectivity index (χ3n) is 3.61. The van der Waals surface area contributed by atoms with E-state index in [-0.39, 0.29) is 17.5 Å². The molecule has 3 N–H and O–H groups in total. The average Bonchev–Trinajstić information content (AvgIpc) is 3.10. The molecule has 0 saturated heterocycles. The molecule has 1 aromatic heterocycles. The Balaban J connectivity index is 1.60. The molecule has 0 fully saturated rings. The summed E-state index contributed by atoms with van der Waals surface area (Å²) in [6.45, 7) is 0. The lowest BCUT2D eigenvalue weighted by Gasteiger charge is -2.04. The highest BCUT2D eigenvalue weighted by Gasteiger charge is 2.06. The second kappa shape index (κ2) is 8.42. The van der Waals surface area contributed by atoms with Crippen molar-refractivity contribution in [2.75, 3.05) is 5.32 Å². The molecule has 9 heteroatoms. The quantitative estimate of drug-likeness (QED) is 0.600. The van der Waals surface area contributed by atoms with Gasteiger partial charge in [0.1, 0.15) is 10.8 Å². The molecule has 2 aromatic carbocycles. The van der Waals surface area contributed by atoms with E-state index in [1.54, 1.807) is 47.9 Å². The molecule has 1 amide bonds. The Bertz CT molecular complexity index is 1110. The monoisotopic (exact) mass is 417 g/mol. The summed E-state index contributed by atoms with van der Waals surface area (Å²) in [5, 5.41) is 10.2. The summed E-state index contributed by atoms with van der Waals surface area (Å²) in [5.41, 5.74) is 2.47. The predicted molar refractivity (Wildman–Crippen MR) is 108 cm³/mol. The van der Waals surface area contributed by atoms with Gasteiger partial charge in [0.15, 0.2) is 0 Å². The third-order valence-corrected chi connectivity index (χ3v) is 5.25. The van der Waals surface area contributed by atoms with E-state index < -0.39 is 10.0 Å². The largest absolute Gasteiger partial charge is 0.323 e. The van der Waals surface area contributed by atoms with Gasteiger partial charge in [-0.2, -0.15) is 0 Å². The van der Waals surface area contributed by atoms with Gasteiger partial charge in [-0.3, -0.25) is 4.79 Å². The summed E-state index contributed by atoms with van der Waals surface area (Å²) < 4.78 is 35.1. The number of benzene rings is 2. The van der Waals surface area contributed by atoms with Gasteiger partial charge in [0, 0.05) is 22.7 Å². The van der Waals surface area contributed by atoms with Crippen LogP contribution in [0.1, 0.15) is 11.3 Å². The first-order valence-electron chi connectivity index (χ1n) is 8.08. The van der Waals surface area contributed by atoms with E-state index >= 15 is 0 Å². The summed E-state index contributed by atoms with van der Waals surface area (Å²) >= 11 is 1.39. The fraction of sp³-hybridized carbons (Fsp3) is 0.0526. The van der Waals surface area contributed by atoms with E-state index in [1.165, 1.54) is 29.5 Å². The van der Waals surface area contributed by atoms with Gasteiger partial charge >= 0.3 is 0 Å². The van der Waals surface area contributed by atoms with Gasteiger partial charge < -0.3 is 5.32 Å². The van der Waals surface area contributed by atoms with E-state index in [9.17, 15) is 17.6 Å². The Kier molecular flexibility index (Phi) is 5.98. The number of nitrogens with one attached hydrogen (secondary N) is 1. The van der Waals surface area contributed by atoms with Gasteiger partial charge in [0.25, 0.3) is 0 Å². The first kappa shape index (κ1) is 19.9. The maximum atomic E-state index is 13.0. The molecule has 3 aromatic rings. The molecule has 1 heterocycles. The second-order valence-electron chi connectivity index (χ2n) is 5.91. The van der Waals surface area contributed by atoms with Crippen LogP contribution in [0.4, 0.5) is 10.1 Å². The summed E-state index contributed by atoms with van der Waals surface area (Å²) in [6.07, 6.45) is 2.93. The molecule has 3 rings (SSSR count). The van der Waals surface area contributed by atoms with Gasteiger partial charge in [-0.15, -0.1) is 11.3 Å². The lowest BCUT2D eigenvalue weighted by atomic mass is 10.2. The van der Waals surface area contributed by atoms with Crippen molar-refractivity contribution in [3.8, 4) is 10.6 Å². The van der Waals surface area contributed by atoms with Crippen molar-refractivity contribution >= 4 is 39.0 Å². The lowest BCUT2D eigenvalue weighted by molar-refractivity contribution is -0.111. The van der Waals surface area contributed by atoms with Gasteiger partial charge in [0.05, 0.1) is 11.4 Å². The number of hydrogen-bond acceptors (Lipinski definition) is 5. The number of sulfonamides is 1. The summed E-state index contributed by atoms with van der Waals surface area (Å²) in [4.78, 5) is 16.4. The predicted octanol–water partition coefficient (Wildman–Crippen LogP) is 3.39. The number of halogens is 1. The van der Waals surface area contributed by atoms with Crippen molar-refractivity contribution in [3.63, 3.8) is 0 Å². The maximum absolute atomic E-state index is 13.0. The SMILES string of the molecule is NS(=O)(=O)Cc1ccc(NC(=O)/C=C/c2csc(-c3ccc(F)cc3)n2)cc1. The minimum atomic E-state index is -3.60. The zero-order chi connectivity index (χ0) is 20.1. The van der Waals surface area contributed by atoms with Crippen LogP contribution in [0.25, 0.3) is 16.6 Å². The molecule has 0 unspecified atom stereocenters. The van der Waals surface area contributed by atoms with E-state index in [0.717, 1.165) is 10.6 Å². The number of nitrogens with two attached hydrogens (primary N) is 1. The van der Waals surface area contributed by atoms with Crippen molar-refractivity contribution in [3.05, 3.63) is 77.1 Å². The highest BCUT2D eigenvalue weighted by molar-refractivity contribution is 7.88. The molecule has 28 heavy (non-hydrogen) atoms. The zero-order valence-electron chi connectivity index (χ0n) is 14.5. The molecule has 144 valence electrons. The topological polar surface area (TPSA) is 102 Å². The fourth-order valence-corrected chi connectivity index (χ4v) is 3.80. The number of aromatic nitrogens is 1. The lowest BCUT2D eigenvalue weighted by Crippen LogP contribution is -2.14. The fourth-order valence-electron chi connectivity index (χ4n) is 2.35. The number of rotatable bonds is 6. The molecule has 0 spiro atoms. The molecule has 0 bridgehead atoms. The minimum absolute atomic E-state index is 0.263. The third kappa shape index (κ3) is 5.81. The molecule has 0 aliphatic rings.